The van der Waals surface area contributed by atoms with Crippen molar-refractivity contribution in [3.63, 3.8) is 0 Å². The van der Waals surface area contributed by atoms with E-state index in [1.54, 1.807) is 23.8 Å². The predicted octanol–water partition coefficient (Wildman–Crippen LogP) is 0.925. The third-order valence-electron chi connectivity index (χ3n) is 6.61. The molecule has 2 bridgehead atoms. The first kappa shape index (κ1) is 18.3. The van der Waals surface area contributed by atoms with Gasteiger partial charge in [0.25, 0.3) is 0 Å². The minimum atomic E-state index is 0.148. The Morgan fingerprint density at radius 2 is 2.14 bits per heavy atom. The first-order chi connectivity index (χ1) is 14.1. The number of nitrogens with zero attached hydrogens (tertiary/aromatic N) is 6. The van der Waals surface area contributed by atoms with Crippen molar-refractivity contribution in [2.75, 3.05) is 26.7 Å². The monoisotopic (exact) mass is 398 g/mol. The van der Waals surface area contributed by atoms with Gasteiger partial charge < -0.3 is 14.5 Å². The maximum Gasteiger partial charge on any atom is 0.231 e. The van der Waals surface area contributed by atoms with Gasteiger partial charge in [-0.25, -0.2) is 0 Å². The quantitative estimate of drug-likeness (QED) is 0.761. The van der Waals surface area contributed by atoms with Gasteiger partial charge in [-0.1, -0.05) is 0 Å². The van der Waals surface area contributed by atoms with Crippen LogP contribution in [0.2, 0.25) is 0 Å². The number of amides is 2. The van der Waals surface area contributed by atoms with E-state index < -0.39 is 0 Å². The maximum absolute atomic E-state index is 13.0. The van der Waals surface area contributed by atoms with Crippen molar-refractivity contribution in [1.82, 2.24) is 29.6 Å². The Labute approximate surface area is 169 Å². The minimum absolute atomic E-state index is 0.148. The lowest BCUT2D eigenvalue weighted by molar-refractivity contribution is -0.148. The minimum Gasteiger partial charge on any atom is -0.480 e. The summed E-state index contributed by atoms with van der Waals surface area (Å²) in [6, 6.07) is 3.86. The van der Waals surface area contributed by atoms with Crippen LogP contribution in [-0.4, -0.2) is 74.2 Å². The highest BCUT2D eigenvalue weighted by Gasteiger charge is 2.44. The lowest BCUT2D eigenvalue weighted by Gasteiger charge is -2.52. The van der Waals surface area contributed by atoms with Crippen LogP contribution in [0, 0.1) is 11.8 Å². The van der Waals surface area contributed by atoms with Crippen LogP contribution in [0.4, 0.5) is 0 Å². The van der Waals surface area contributed by atoms with Gasteiger partial charge in [0, 0.05) is 51.0 Å². The molecular formula is C20H26N6O3. The second kappa shape index (κ2) is 7.27. The molecule has 29 heavy (non-hydrogen) atoms. The van der Waals surface area contributed by atoms with Gasteiger partial charge in [-0.3, -0.25) is 9.59 Å². The number of aryl methyl sites for hydroxylation is 1. The van der Waals surface area contributed by atoms with Crippen LogP contribution in [0.3, 0.4) is 0 Å². The Kier molecular flexibility index (Phi) is 4.60. The zero-order chi connectivity index (χ0) is 20.0. The summed E-state index contributed by atoms with van der Waals surface area (Å²) in [5.41, 5.74) is 0.641. The molecule has 5 rings (SSSR count). The van der Waals surface area contributed by atoms with Crippen molar-refractivity contribution in [2.24, 2.45) is 11.8 Å². The summed E-state index contributed by atoms with van der Waals surface area (Å²) in [7, 11) is 1.57. The highest BCUT2D eigenvalue weighted by molar-refractivity contribution is 5.78. The molecule has 154 valence electrons. The molecule has 2 amide bonds. The Bertz CT molecular complexity index is 943. The molecule has 2 aromatic heterocycles. The maximum atomic E-state index is 13.0. The molecule has 9 heteroatoms. The van der Waals surface area contributed by atoms with E-state index in [2.05, 4.69) is 20.2 Å². The summed E-state index contributed by atoms with van der Waals surface area (Å²) in [5, 5.41) is 12.7. The number of fused-ring (bicyclic) bond motifs is 5. The molecule has 0 N–H and O–H groups in total. The molecule has 0 aliphatic carbocycles. The standard InChI is InChI=1S/C20H26N6O3/c1-29-18-7-5-16-21-22-17(26(16)23-18)6-8-19(27)24-10-13-9-14(12-24)15-3-2-4-20(28)25(15)11-13/h5,7,13-15H,2-4,6,8-12H2,1H3/t13-,14+,15?/m1/s1. The Balaban J connectivity index is 1.25. The third-order valence-corrected chi connectivity index (χ3v) is 6.61. The third kappa shape index (κ3) is 3.32. The average Bonchev–Trinajstić information content (AvgIpc) is 3.14. The molecule has 3 fully saturated rings. The molecule has 3 aliphatic rings. The number of hydrogen-bond donors (Lipinski definition) is 0. The van der Waals surface area contributed by atoms with E-state index in [4.69, 9.17) is 4.74 Å². The van der Waals surface area contributed by atoms with Gasteiger partial charge in [0.15, 0.2) is 11.5 Å². The largest absolute Gasteiger partial charge is 0.480 e. The lowest BCUT2D eigenvalue weighted by Crippen LogP contribution is -2.61. The first-order valence-corrected chi connectivity index (χ1v) is 10.4. The van der Waals surface area contributed by atoms with E-state index in [-0.39, 0.29) is 5.91 Å². The summed E-state index contributed by atoms with van der Waals surface area (Å²) in [6.45, 7) is 2.32. The topological polar surface area (TPSA) is 92.9 Å². The fourth-order valence-corrected chi connectivity index (χ4v) is 5.27. The summed E-state index contributed by atoms with van der Waals surface area (Å²) >= 11 is 0. The van der Waals surface area contributed by atoms with Gasteiger partial charge in [-0.2, -0.15) is 4.52 Å². The van der Waals surface area contributed by atoms with Crippen molar-refractivity contribution in [3.8, 4) is 5.88 Å². The van der Waals surface area contributed by atoms with Crippen LogP contribution in [0.1, 0.15) is 37.9 Å². The second-order valence-electron chi connectivity index (χ2n) is 8.43. The molecule has 1 unspecified atom stereocenters. The van der Waals surface area contributed by atoms with Crippen molar-refractivity contribution in [3.05, 3.63) is 18.0 Å². The Hall–Kier alpha value is -2.71. The van der Waals surface area contributed by atoms with Gasteiger partial charge in [-0.05, 0) is 37.2 Å². The van der Waals surface area contributed by atoms with Crippen LogP contribution >= 0.6 is 0 Å². The molecule has 0 aromatic carbocycles. The number of rotatable bonds is 4. The number of aromatic nitrogens is 4. The highest BCUT2D eigenvalue weighted by Crippen LogP contribution is 2.38. The van der Waals surface area contributed by atoms with E-state index >= 15 is 0 Å². The van der Waals surface area contributed by atoms with Crippen molar-refractivity contribution in [2.45, 2.75) is 44.6 Å². The van der Waals surface area contributed by atoms with Crippen molar-refractivity contribution in [1.29, 1.82) is 0 Å². The van der Waals surface area contributed by atoms with Crippen LogP contribution < -0.4 is 4.74 Å². The number of ether oxygens (including phenoxy) is 1. The molecule has 3 aliphatic heterocycles. The number of carbonyl (C=O) groups excluding carboxylic acids is 2. The number of likely N-dealkylation sites (tertiary alicyclic amines) is 1. The second-order valence-corrected chi connectivity index (χ2v) is 8.43. The van der Waals surface area contributed by atoms with E-state index in [1.165, 1.54) is 0 Å². The molecule has 0 saturated carbocycles. The fourth-order valence-electron chi connectivity index (χ4n) is 5.27. The normalized spacial score (nSPS) is 26.5. The smallest absolute Gasteiger partial charge is 0.231 e. The van der Waals surface area contributed by atoms with Gasteiger partial charge in [0.2, 0.25) is 17.7 Å². The zero-order valence-corrected chi connectivity index (χ0v) is 16.7. The molecule has 9 nitrogen and oxygen atoms in total. The molecule has 0 radical (unpaired) electrons. The number of hydrogen-bond acceptors (Lipinski definition) is 6. The number of methoxy groups -OCH3 is 1. The van der Waals surface area contributed by atoms with Gasteiger partial charge >= 0.3 is 0 Å². The molecule has 0 spiro atoms. The SMILES string of the molecule is COc1ccc2nnc(CCC(=O)N3C[C@H]4C[C@@H](C3)C3CCCC(=O)N3C4)n2n1. The molecule has 5 heterocycles. The van der Waals surface area contributed by atoms with Crippen molar-refractivity contribution < 1.29 is 14.3 Å². The highest BCUT2D eigenvalue weighted by atomic mass is 16.5. The number of piperidine rings is 3. The molecule has 3 atom stereocenters. The van der Waals surface area contributed by atoms with Crippen LogP contribution in [0.25, 0.3) is 5.65 Å². The van der Waals surface area contributed by atoms with E-state index in [9.17, 15) is 9.59 Å². The van der Waals surface area contributed by atoms with Gasteiger partial charge in [-0.15, -0.1) is 15.3 Å². The van der Waals surface area contributed by atoms with Gasteiger partial charge in [0.05, 0.1) is 7.11 Å². The van der Waals surface area contributed by atoms with Crippen LogP contribution in [0.5, 0.6) is 5.88 Å². The summed E-state index contributed by atoms with van der Waals surface area (Å²) < 4.78 is 6.81. The Morgan fingerprint density at radius 1 is 1.24 bits per heavy atom. The van der Waals surface area contributed by atoms with Crippen LogP contribution in [0.15, 0.2) is 12.1 Å². The average molecular weight is 398 g/mol. The first-order valence-electron chi connectivity index (χ1n) is 10.4. The van der Waals surface area contributed by atoms with E-state index in [1.807, 2.05) is 4.90 Å². The van der Waals surface area contributed by atoms with Crippen molar-refractivity contribution >= 4 is 17.5 Å². The van der Waals surface area contributed by atoms with Gasteiger partial charge in [0.1, 0.15) is 0 Å². The number of carbonyl (C=O) groups is 2. The summed E-state index contributed by atoms with van der Waals surface area (Å²) in [6.07, 6.45) is 4.74. The predicted molar refractivity (Wildman–Crippen MR) is 103 cm³/mol. The molecular weight excluding hydrogens is 372 g/mol. The van der Waals surface area contributed by atoms with E-state index in [0.717, 1.165) is 38.9 Å². The van der Waals surface area contributed by atoms with E-state index in [0.29, 0.717) is 60.4 Å². The molecule has 3 saturated heterocycles. The zero-order valence-electron chi connectivity index (χ0n) is 16.7. The fraction of sp³-hybridized carbons (Fsp3) is 0.650. The summed E-state index contributed by atoms with van der Waals surface area (Å²) in [4.78, 5) is 29.3. The lowest BCUT2D eigenvalue weighted by atomic mass is 9.76. The summed E-state index contributed by atoms with van der Waals surface area (Å²) in [5.74, 6) is 2.41. The molecule has 2 aromatic rings. The van der Waals surface area contributed by atoms with Crippen LogP contribution in [-0.2, 0) is 16.0 Å². The Morgan fingerprint density at radius 3 is 3.00 bits per heavy atom.